The van der Waals surface area contributed by atoms with Gasteiger partial charge >= 0.3 is 0 Å². The van der Waals surface area contributed by atoms with Crippen LogP contribution in [0.1, 0.15) is 0 Å². The Bertz CT molecular complexity index is 2860. The van der Waals surface area contributed by atoms with Gasteiger partial charge in [-0.2, -0.15) is 0 Å². The molecule has 0 saturated carbocycles. The van der Waals surface area contributed by atoms with Gasteiger partial charge in [0.2, 0.25) is 0 Å². The second-order valence-electron chi connectivity index (χ2n) is 13.8. The van der Waals surface area contributed by atoms with Crippen LogP contribution in [0.5, 0.6) is 0 Å². The molecule has 254 valence electrons. The molecule has 0 atom stereocenters. The average Bonchev–Trinajstić information content (AvgIpc) is 3.59. The number of nitrogens with zero attached hydrogens (tertiary/aromatic N) is 2. The number of hydrogen-bond donors (Lipinski definition) is 0. The molecule has 10 aromatic rings. The lowest BCUT2D eigenvalue weighted by Crippen LogP contribution is -2.10. The average molecular weight is 689 g/mol. The van der Waals surface area contributed by atoms with Crippen LogP contribution < -0.4 is 4.90 Å². The Hall–Kier alpha value is -7.16. The van der Waals surface area contributed by atoms with Crippen molar-refractivity contribution in [2.75, 3.05) is 4.90 Å². The molecule has 0 radical (unpaired) electrons. The zero-order chi connectivity index (χ0) is 35.8. The molecule has 9 aromatic carbocycles. The summed E-state index contributed by atoms with van der Waals surface area (Å²) in [5.74, 6) is 0. The molecule has 0 amide bonds. The van der Waals surface area contributed by atoms with Gasteiger partial charge in [0.05, 0.1) is 16.7 Å². The molecule has 10 rings (SSSR count). The Balaban J connectivity index is 1.02. The lowest BCUT2D eigenvalue weighted by atomic mass is 9.98. The molecule has 1 aromatic heterocycles. The SMILES string of the molecule is c1ccc(-c2ccc(N(c3cccc(-c4cccc(-c5ccc(-n6c7ccccc7c7ccccc76)cc5)c4)c3)c3cccc4ccccc34)cc2)cc1. The fourth-order valence-corrected chi connectivity index (χ4v) is 7.97. The van der Waals surface area contributed by atoms with Crippen LogP contribution in [-0.2, 0) is 0 Å². The Kier molecular flexibility index (Phi) is 7.85. The summed E-state index contributed by atoms with van der Waals surface area (Å²) in [6.07, 6.45) is 0. The number of fused-ring (bicyclic) bond motifs is 4. The molecule has 0 N–H and O–H groups in total. The number of para-hydroxylation sites is 2. The molecule has 0 aliphatic heterocycles. The van der Waals surface area contributed by atoms with E-state index in [1.54, 1.807) is 0 Å². The molecule has 2 nitrogen and oxygen atoms in total. The molecule has 0 unspecified atom stereocenters. The van der Waals surface area contributed by atoms with Gasteiger partial charge < -0.3 is 9.47 Å². The van der Waals surface area contributed by atoms with Crippen molar-refractivity contribution in [1.82, 2.24) is 4.57 Å². The van der Waals surface area contributed by atoms with Crippen LogP contribution in [0.15, 0.2) is 218 Å². The highest BCUT2D eigenvalue weighted by Gasteiger charge is 2.17. The predicted octanol–water partition coefficient (Wildman–Crippen LogP) is 14.4. The standard InChI is InChI=1S/C52H36N2/c1-2-13-37(14-3-1)38-27-31-44(32-28-38)53(50-26-12-16-40-15-4-5-21-47(40)50)46-20-11-19-43(36-46)42-18-10-17-41(35-42)39-29-33-45(34-30-39)54-51-24-8-6-22-48(51)49-23-7-9-25-52(49)54/h1-36H. The first kappa shape index (κ1) is 31.6. The summed E-state index contributed by atoms with van der Waals surface area (Å²) in [4.78, 5) is 2.39. The van der Waals surface area contributed by atoms with Crippen LogP contribution in [0.25, 0.3) is 71.6 Å². The first-order valence-electron chi connectivity index (χ1n) is 18.5. The van der Waals surface area contributed by atoms with E-state index in [4.69, 9.17) is 0 Å². The van der Waals surface area contributed by atoms with Crippen molar-refractivity contribution in [2.45, 2.75) is 0 Å². The molecule has 0 bridgehead atoms. The van der Waals surface area contributed by atoms with Gasteiger partial charge in [-0.3, -0.25) is 0 Å². The first-order valence-corrected chi connectivity index (χ1v) is 18.5. The van der Waals surface area contributed by atoms with Crippen LogP contribution in [-0.4, -0.2) is 4.57 Å². The Morgan fingerprint density at radius 3 is 1.50 bits per heavy atom. The van der Waals surface area contributed by atoms with E-state index in [2.05, 4.69) is 228 Å². The Morgan fingerprint density at radius 1 is 0.296 bits per heavy atom. The van der Waals surface area contributed by atoms with E-state index < -0.39 is 0 Å². The summed E-state index contributed by atoms with van der Waals surface area (Å²) in [5, 5.41) is 4.98. The largest absolute Gasteiger partial charge is 0.310 e. The summed E-state index contributed by atoms with van der Waals surface area (Å²) >= 11 is 0. The maximum Gasteiger partial charge on any atom is 0.0541 e. The van der Waals surface area contributed by atoms with E-state index in [9.17, 15) is 0 Å². The number of hydrogen-bond acceptors (Lipinski definition) is 1. The summed E-state index contributed by atoms with van der Waals surface area (Å²) in [7, 11) is 0. The number of aromatic nitrogens is 1. The van der Waals surface area contributed by atoms with E-state index in [0.717, 1.165) is 22.7 Å². The highest BCUT2D eigenvalue weighted by molar-refractivity contribution is 6.09. The molecule has 0 aliphatic carbocycles. The topological polar surface area (TPSA) is 8.17 Å². The van der Waals surface area contributed by atoms with Crippen molar-refractivity contribution in [2.24, 2.45) is 0 Å². The van der Waals surface area contributed by atoms with Gasteiger partial charge in [0.25, 0.3) is 0 Å². The molecule has 0 saturated heterocycles. The Morgan fingerprint density at radius 2 is 0.778 bits per heavy atom. The Labute approximate surface area is 315 Å². The van der Waals surface area contributed by atoms with Gasteiger partial charge in [-0.1, -0.05) is 158 Å². The van der Waals surface area contributed by atoms with Crippen molar-refractivity contribution in [3.8, 4) is 39.1 Å². The maximum atomic E-state index is 2.39. The summed E-state index contributed by atoms with van der Waals surface area (Å²) in [5.41, 5.74) is 14.1. The van der Waals surface area contributed by atoms with E-state index in [1.165, 1.54) is 66.0 Å². The molecular weight excluding hydrogens is 653 g/mol. The van der Waals surface area contributed by atoms with E-state index >= 15 is 0 Å². The van der Waals surface area contributed by atoms with Gasteiger partial charge in [0, 0.05) is 33.2 Å². The lowest BCUT2D eigenvalue weighted by molar-refractivity contribution is 1.18. The third-order valence-electron chi connectivity index (χ3n) is 10.6. The minimum Gasteiger partial charge on any atom is -0.310 e. The number of rotatable bonds is 7. The molecule has 0 aliphatic rings. The predicted molar refractivity (Wildman–Crippen MR) is 229 cm³/mol. The third-order valence-corrected chi connectivity index (χ3v) is 10.6. The van der Waals surface area contributed by atoms with Crippen LogP contribution >= 0.6 is 0 Å². The van der Waals surface area contributed by atoms with E-state index in [0.29, 0.717) is 0 Å². The zero-order valence-corrected chi connectivity index (χ0v) is 29.7. The van der Waals surface area contributed by atoms with Crippen LogP contribution in [0.3, 0.4) is 0 Å². The quantitative estimate of drug-likeness (QED) is 0.162. The van der Waals surface area contributed by atoms with Gasteiger partial charge in [-0.15, -0.1) is 0 Å². The second kappa shape index (κ2) is 13.4. The summed E-state index contributed by atoms with van der Waals surface area (Å²) in [6.45, 7) is 0. The van der Waals surface area contributed by atoms with Gasteiger partial charge in [-0.25, -0.2) is 0 Å². The monoisotopic (exact) mass is 688 g/mol. The fourth-order valence-electron chi connectivity index (χ4n) is 7.97. The second-order valence-corrected chi connectivity index (χ2v) is 13.8. The minimum atomic E-state index is 1.11. The molecule has 1 heterocycles. The van der Waals surface area contributed by atoms with Crippen molar-refractivity contribution in [1.29, 1.82) is 0 Å². The van der Waals surface area contributed by atoms with Crippen LogP contribution in [0, 0.1) is 0 Å². The minimum absolute atomic E-state index is 1.11. The van der Waals surface area contributed by atoms with Gasteiger partial charge in [0.1, 0.15) is 0 Å². The highest BCUT2D eigenvalue weighted by Crippen LogP contribution is 2.41. The summed E-state index contributed by atoms with van der Waals surface area (Å²) < 4.78 is 2.37. The van der Waals surface area contributed by atoms with E-state index in [1.807, 2.05) is 0 Å². The molecular formula is C52H36N2. The molecule has 2 heteroatoms. The van der Waals surface area contributed by atoms with Crippen molar-refractivity contribution in [3.05, 3.63) is 218 Å². The molecule has 0 spiro atoms. The van der Waals surface area contributed by atoms with Gasteiger partial charge in [-0.05, 0) is 99.4 Å². The van der Waals surface area contributed by atoms with Crippen LogP contribution in [0.2, 0.25) is 0 Å². The van der Waals surface area contributed by atoms with E-state index in [-0.39, 0.29) is 0 Å². The van der Waals surface area contributed by atoms with Crippen LogP contribution in [0.4, 0.5) is 17.1 Å². The number of anilines is 3. The third kappa shape index (κ3) is 5.62. The van der Waals surface area contributed by atoms with Crippen molar-refractivity contribution < 1.29 is 0 Å². The lowest BCUT2D eigenvalue weighted by Gasteiger charge is -2.27. The highest BCUT2D eigenvalue weighted by atomic mass is 15.1. The smallest absolute Gasteiger partial charge is 0.0541 e. The van der Waals surface area contributed by atoms with Crippen molar-refractivity contribution >= 4 is 49.6 Å². The molecule has 0 fully saturated rings. The molecule has 54 heavy (non-hydrogen) atoms. The van der Waals surface area contributed by atoms with Crippen molar-refractivity contribution in [3.63, 3.8) is 0 Å². The maximum absolute atomic E-state index is 2.39. The fraction of sp³-hybridized carbons (Fsp3) is 0. The van der Waals surface area contributed by atoms with Gasteiger partial charge in [0.15, 0.2) is 0 Å². The normalized spacial score (nSPS) is 11.3. The first-order chi connectivity index (χ1) is 26.8. The summed E-state index contributed by atoms with van der Waals surface area (Å²) in [6, 6.07) is 78.8. The zero-order valence-electron chi connectivity index (χ0n) is 29.7. The number of benzene rings is 9.